The molecule has 314 valence electrons. The van der Waals surface area contributed by atoms with Crippen molar-refractivity contribution in [3.63, 3.8) is 0 Å². The molecule has 9 rings (SSSR count). The lowest BCUT2D eigenvalue weighted by molar-refractivity contribution is -0.0336. The number of aliphatic hydroxyl groups excluding tert-OH is 1. The van der Waals surface area contributed by atoms with Gasteiger partial charge in [0.05, 0.1) is 17.7 Å². The Bertz CT molecular complexity index is 2290. The Morgan fingerprint density at radius 1 is 0.883 bits per heavy atom. The number of rotatable bonds is 16. The standard InChI is InChI=1S/C48H55N5O7/c54-41-20-18-39(40-19-21-44(56)50-46(40)41)42(55)29-49-24-7-25-53(37-11-4-5-12-37)47(57)35-16-14-32(15-17-35)31-59-38-13-6-10-36(28-38)45(34-8-2-1-3-9-34)51-48(58)60-43-30-52-26-22-33(43)23-27-52/h1-3,6,8-10,13-21,28,33,37,42-43,45,49,54-55H,4-5,7,11-12,22-27,29-31H2,(H,50,56)(H,51,58)/t42-,43-,45-/m0/s1. The molecular weight excluding hydrogens is 759 g/mol. The fourth-order valence-electron chi connectivity index (χ4n) is 9.14. The highest BCUT2D eigenvalue weighted by atomic mass is 16.6. The van der Waals surface area contributed by atoms with Gasteiger partial charge in [0.25, 0.3) is 5.91 Å². The van der Waals surface area contributed by atoms with Gasteiger partial charge in [0, 0.05) is 42.7 Å². The number of amides is 2. The molecular formula is C48H55N5O7. The number of benzene rings is 4. The summed E-state index contributed by atoms with van der Waals surface area (Å²) in [5, 5.41) is 28.2. The van der Waals surface area contributed by atoms with Gasteiger partial charge in [-0.1, -0.05) is 73.5 Å². The van der Waals surface area contributed by atoms with Gasteiger partial charge in [0.1, 0.15) is 24.2 Å². The number of carbonyl (C=O) groups is 2. The first-order valence-corrected chi connectivity index (χ1v) is 21.4. The molecule has 60 heavy (non-hydrogen) atoms. The van der Waals surface area contributed by atoms with Crippen LogP contribution in [0, 0.1) is 5.92 Å². The number of piperidine rings is 3. The molecule has 0 radical (unpaired) electrons. The van der Waals surface area contributed by atoms with E-state index in [1.807, 2.05) is 83.8 Å². The Morgan fingerprint density at radius 3 is 2.40 bits per heavy atom. The first-order valence-electron chi connectivity index (χ1n) is 21.4. The van der Waals surface area contributed by atoms with E-state index in [1.165, 1.54) is 12.1 Å². The smallest absolute Gasteiger partial charge is 0.408 e. The zero-order valence-electron chi connectivity index (χ0n) is 33.9. The van der Waals surface area contributed by atoms with Crippen molar-refractivity contribution in [2.75, 3.05) is 39.3 Å². The number of nitrogens with zero attached hydrogens (tertiary/aromatic N) is 2. The van der Waals surface area contributed by atoms with Crippen LogP contribution in [0.15, 0.2) is 108 Å². The van der Waals surface area contributed by atoms with E-state index in [0.717, 1.165) is 74.8 Å². The quantitative estimate of drug-likeness (QED) is 0.0675. The number of hydrogen-bond acceptors (Lipinski definition) is 9. The van der Waals surface area contributed by atoms with E-state index >= 15 is 0 Å². The van der Waals surface area contributed by atoms with Crippen LogP contribution in [0.5, 0.6) is 11.5 Å². The van der Waals surface area contributed by atoms with Crippen LogP contribution in [0.2, 0.25) is 0 Å². The second kappa shape index (κ2) is 19.1. The summed E-state index contributed by atoms with van der Waals surface area (Å²) in [7, 11) is 0. The van der Waals surface area contributed by atoms with Crippen molar-refractivity contribution in [3.05, 3.63) is 141 Å². The van der Waals surface area contributed by atoms with Gasteiger partial charge in [0.2, 0.25) is 5.56 Å². The number of phenols is 1. The topological polar surface area (TPSA) is 156 Å². The number of H-pyrrole nitrogens is 1. The van der Waals surface area contributed by atoms with Gasteiger partial charge in [0.15, 0.2) is 0 Å². The van der Waals surface area contributed by atoms with Crippen LogP contribution in [0.1, 0.15) is 89.7 Å². The minimum Gasteiger partial charge on any atom is -0.506 e. The molecule has 4 heterocycles. The zero-order valence-corrected chi connectivity index (χ0v) is 33.9. The number of phenolic OH excluding ortho intramolecular Hbond substituents is 1. The lowest BCUT2D eigenvalue weighted by Gasteiger charge is -2.43. The second-order valence-electron chi connectivity index (χ2n) is 16.4. The van der Waals surface area contributed by atoms with Crippen LogP contribution >= 0.6 is 0 Å². The van der Waals surface area contributed by atoms with Gasteiger partial charge in [-0.2, -0.15) is 0 Å². The molecule has 12 nitrogen and oxygen atoms in total. The number of aromatic amines is 1. The average molecular weight is 814 g/mol. The minimum atomic E-state index is -0.850. The Morgan fingerprint density at radius 2 is 1.65 bits per heavy atom. The number of aliphatic hydroxyl groups is 1. The van der Waals surface area contributed by atoms with Crippen molar-refractivity contribution in [3.8, 4) is 11.5 Å². The third kappa shape index (κ3) is 9.84. The molecule has 2 amide bonds. The molecule has 1 saturated carbocycles. The molecule has 5 aromatic rings. The molecule has 3 saturated heterocycles. The van der Waals surface area contributed by atoms with E-state index in [-0.39, 0.29) is 35.9 Å². The Balaban J connectivity index is 0.853. The van der Waals surface area contributed by atoms with E-state index in [2.05, 4.69) is 20.5 Å². The molecule has 2 bridgehead atoms. The monoisotopic (exact) mass is 813 g/mol. The van der Waals surface area contributed by atoms with Crippen molar-refractivity contribution in [2.24, 2.45) is 5.92 Å². The molecule has 3 aliphatic heterocycles. The highest BCUT2D eigenvalue weighted by Gasteiger charge is 2.37. The molecule has 12 heteroatoms. The number of alkyl carbamates (subject to hydrolysis) is 1. The lowest BCUT2D eigenvalue weighted by Crippen LogP contribution is -2.52. The summed E-state index contributed by atoms with van der Waals surface area (Å²) in [6, 6.07) is 31.2. The fraction of sp³-hybridized carbons (Fsp3) is 0.396. The number of aromatic nitrogens is 1. The SMILES string of the molecule is O=C(N[C@@H](c1ccccc1)c1cccc(OCc2ccc(C(=O)N(CCCNC[C@H](O)c3ccc(O)c4[nH]c(=O)ccc34)C3CCCC3)cc2)c1)O[C@H]1CN2CCC1CC2. The third-order valence-corrected chi connectivity index (χ3v) is 12.4. The van der Waals surface area contributed by atoms with Crippen LogP contribution in [-0.4, -0.2) is 88.4 Å². The van der Waals surface area contributed by atoms with Crippen molar-refractivity contribution < 1.29 is 29.3 Å². The van der Waals surface area contributed by atoms with E-state index in [1.54, 1.807) is 12.1 Å². The van der Waals surface area contributed by atoms with E-state index in [9.17, 15) is 24.6 Å². The molecule has 3 atom stereocenters. The number of fused-ring (bicyclic) bond motifs is 4. The van der Waals surface area contributed by atoms with Gasteiger partial charge >= 0.3 is 6.09 Å². The summed E-state index contributed by atoms with van der Waals surface area (Å²) in [6.45, 7) is 4.74. The molecule has 1 aliphatic carbocycles. The highest BCUT2D eigenvalue weighted by Crippen LogP contribution is 2.32. The largest absolute Gasteiger partial charge is 0.506 e. The summed E-state index contributed by atoms with van der Waals surface area (Å²) >= 11 is 0. The number of carbonyl (C=O) groups excluding carboxylic acids is 2. The maximum Gasteiger partial charge on any atom is 0.408 e. The van der Waals surface area contributed by atoms with Crippen molar-refractivity contribution in [1.82, 2.24) is 25.4 Å². The molecule has 1 aromatic heterocycles. The van der Waals surface area contributed by atoms with Crippen molar-refractivity contribution in [2.45, 2.75) is 75.8 Å². The maximum absolute atomic E-state index is 13.9. The van der Waals surface area contributed by atoms with E-state index < -0.39 is 18.2 Å². The van der Waals surface area contributed by atoms with E-state index in [4.69, 9.17) is 9.47 Å². The molecule has 4 aromatic carbocycles. The Labute approximate surface area is 350 Å². The van der Waals surface area contributed by atoms with Gasteiger partial charge in [-0.25, -0.2) is 4.79 Å². The summed E-state index contributed by atoms with van der Waals surface area (Å²) in [4.78, 5) is 46.0. The third-order valence-electron chi connectivity index (χ3n) is 12.4. The predicted octanol–water partition coefficient (Wildman–Crippen LogP) is 6.82. The zero-order chi connectivity index (χ0) is 41.4. The molecule has 0 unspecified atom stereocenters. The van der Waals surface area contributed by atoms with Crippen LogP contribution in [-0.2, 0) is 11.3 Å². The average Bonchev–Trinajstić information content (AvgIpc) is 3.82. The number of pyridine rings is 1. The predicted molar refractivity (Wildman–Crippen MR) is 230 cm³/mol. The number of nitrogens with one attached hydrogen (secondary N) is 3. The van der Waals surface area contributed by atoms with Gasteiger partial charge in [-0.3, -0.25) is 14.5 Å². The van der Waals surface area contributed by atoms with Crippen LogP contribution in [0.4, 0.5) is 4.79 Å². The van der Waals surface area contributed by atoms with Crippen molar-refractivity contribution >= 4 is 22.9 Å². The van der Waals surface area contributed by atoms with Gasteiger partial charge < -0.3 is 40.2 Å². The normalized spacial score (nSPS) is 19.8. The first kappa shape index (κ1) is 41.1. The summed E-state index contributed by atoms with van der Waals surface area (Å²) < 4.78 is 12.3. The van der Waals surface area contributed by atoms with Gasteiger partial charge in [-0.05, 0) is 116 Å². The van der Waals surface area contributed by atoms with Gasteiger partial charge in [-0.15, -0.1) is 0 Å². The Hall–Kier alpha value is -5.69. The number of ether oxygens (including phenoxy) is 2. The molecule has 5 N–H and O–H groups in total. The molecule has 4 fully saturated rings. The first-order chi connectivity index (χ1) is 29.3. The second-order valence-corrected chi connectivity index (χ2v) is 16.4. The number of hydrogen-bond donors (Lipinski definition) is 5. The molecule has 4 aliphatic rings. The fourth-order valence-corrected chi connectivity index (χ4v) is 9.14. The van der Waals surface area contributed by atoms with E-state index in [0.29, 0.717) is 59.8 Å². The maximum atomic E-state index is 13.9. The summed E-state index contributed by atoms with van der Waals surface area (Å²) in [5.74, 6) is 1.06. The summed E-state index contributed by atoms with van der Waals surface area (Å²) in [6.07, 6.45) is 5.69. The Kier molecular flexibility index (Phi) is 13.1. The number of aromatic hydroxyl groups is 1. The lowest BCUT2D eigenvalue weighted by atomic mass is 9.86. The van der Waals surface area contributed by atoms with Crippen LogP contribution in [0.3, 0.4) is 0 Å². The highest BCUT2D eigenvalue weighted by molar-refractivity contribution is 5.94. The minimum absolute atomic E-state index is 0.0122. The summed E-state index contributed by atoms with van der Waals surface area (Å²) in [5.41, 5.74) is 3.98. The van der Waals surface area contributed by atoms with Crippen LogP contribution < -0.4 is 20.9 Å². The van der Waals surface area contributed by atoms with Crippen LogP contribution in [0.25, 0.3) is 10.9 Å². The van der Waals surface area contributed by atoms with Crippen molar-refractivity contribution in [1.29, 1.82) is 0 Å². The molecule has 0 spiro atoms.